The molecule has 0 saturated heterocycles. The summed E-state index contributed by atoms with van der Waals surface area (Å²) in [6.45, 7) is 1.31. The van der Waals surface area contributed by atoms with Gasteiger partial charge in [0.25, 0.3) is 10.1 Å². The molecule has 0 spiro atoms. The molecule has 8 heteroatoms. The first-order chi connectivity index (χ1) is 16.9. The Morgan fingerprint density at radius 3 is 2.11 bits per heavy atom. The van der Waals surface area contributed by atoms with Crippen molar-refractivity contribution < 1.29 is 22.1 Å². The van der Waals surface area contributed by atoms with Gasteiger partial charge in [-0.2, -0.15) is 8.42 Å². The molecule has 0 radical (unpaired) electrons. The quantitative estimate of drug-likeness (QED) is 0.251. The fourth-order valence-electron chi connectivity index (χ4n) is 4.39. The highest BCUT2D eigenvalue weighted by molar-refractivity contribution is 7.86. The Bertz CT molecular complexity index is 1450. The molecule has 0 aliphatic rings. The van der Waals surface area contributed by atoms with E-state index in [0.717, 1.165) is 50.2 Å². The third-order valence-corrected chi connectivity index (χ3v) is 6.48. The maximum Gasteiger partial charge on any atom is 0.265 e. The van der Waals surface area contributed by atoms with Gasteiger partial charge < -0.3 is 20.5 Å². The van der Waals surface area contributed by atoms with E-state index >= 15 is 0 Å². The summed E-state index contributed by atoms with van der Waals surface area (Å²) in [5.74, 6) is 1.45. The maximum atomic E-state index is 11.9. The van der Waals surface area contributed by atoms with Crippen LogP contribution in [-0.4, -0.2) is 48.5 Å². The smallest absolute Gasteiger partial charge is 0.265 e. The normalized spacial score (nSPS) is 12.7. The number of rotatable bonds is 10. The fourth-order valence-corrected chi connectivity index (χ4v) is 4.99. The number of nitrogens with one attached hydrogen (secondary N) is 1. The number of ether oxygens (including phenoxy) is 2. The maximum absolute atomic E-state index is 11.9. The Morgan fingerprint density at radius 1 is 0.857 bits per heavy atom. The number of nitrogens with two attached hydrogens (primary N) is 1. The van der Waals surface area contributed by atoms with Gasteiger partial charge in [0.1, 0.15) is 17.6 Å². The molecule has 0 unspecified atom stereocenters. The molecule has 184 valence electrons. The summed E-state index contributed by atoms with van der Waals surface area (Å²) in [6, 6.07) is 21.8. The van der Waals surface area contributed by atoms with Crippen molar-refractivity contribution in [2.24, 2.45) is 5.73 Å². The number of hydrogen-bond donors (Lipinski definition) is 2. The molecule has 0 heterocycles. The van der Waals surface area contributed by atoms with Crippen LogP contribution < -0.4 is 20.5 Å². The molecule has 0 aromatic heterocycles. The van der Waals surface area contributed by atoms with E-state index in [1.807, 2.05) is 54.6 Å². The summed E-state index contributed by atoms with van der Waals surface area (Å²) in [5, 5.41) is 7.16. The van der Waals surface area contributed by atoms with E-state index in [1.54, 1.807) is 14.2 Å². The highest BCUT2D eigenvalue weighted by Crippen LogP contribution is 2.45. The Kier molecular flexibility index (Phi) is 7.57. The van der Waals surface area contributed by atoms with Gasteiger partial charge in [0.2, 0.25) is 0 Å². The van der Waals surface area contributed by atoms with Crippen LogP contribution >= 0.6 is 0 Å². The van der Waals surface area contributed by atoms with Gasteiger partial charge in [0, 0.05) is 30.8 Å². The molecule has 35 heavy (non-hydrogen) atoms. The first kappa shape index (κ1) is 24.9. The molecule has 4 rings (SSSR count). The van der Waals surface area contributed by atoms with Crippen molar-refractivity contribution in [1.82, 2.24) is 5.32 Å². The van der Waals surface area contributed by atoms with E-state index in [9.17, 15) is 8.42 Å². The molecule has 0 amide bonds. The van der Waals surface area contributed by atoms with Gasteiger partial charge in [0.15, 0.2) is 0 Å². The topological polar surface area (TPSA) is 99.9 Å². The van der Waals surface area contributed by atoms with Crippen molar-refractivity contribution in [2.45, 2.75) is 6.10 Å². The lowest BCUT2D eigenvalue weighted by Crippen LogP contribution is -2.29. The van der Waals surface area contributed by atoms with Crippen LogP contribution in [0.15, 0.2) is 66.7 Å². The molecule has 0 saturated carbocycles. The fraction of sp³-hybridized carbons (Fsp3) is 0.259. The summed E-state index contributed by atoms with van der Waals surface area (Å²) in [7, 11) is -0.359. The van der Waals surface area contributed by atoms with Crippen molar-refractivity contribution in [3.63, 3.8) is 0 Å². The summed E-state index contributed by atoms with van der Waals surface area (Å²) in [5.41, 5.74) is 8.17. The van der Waals surface area contributed by atoms with Crippen LogP contribution in [0.2, 0.25) is 0 Å². The van der Waals surface area contributed by atoms with Gasteiger partial charge in [-0.3, -0.25) is 4.18 Å². The lowest BCUT2D eigenvalue weighted by molar-refractivity contribution is 0.212. The molecule has 0 aliphatic heterocycles. The van der Waals surface area contributed by atoms with E-state index in [4.69, 9.17) is 19.4 Å². The second-order valence-electron chi connectivity index (χ2n) is 8.27. The molecular weight excluding hydrogens is 464 g/mol. The summed E-state index contributed by atoms with van der Waals surface area (Å²) in [6.07, 6.45) is 0.373. The third-order valence-electron chi connectivity index (χ3n) is 5.90. The number of hydrogen-bond acceptors (Lipinski definition) is 7. The minimum Gasteiger partial charge on any atom is -0.496 e. The Hall–Kier alpha value is -3.17. The van der Waals surface area contributed by atoms with Crippen molar-refractivity contribution in [3.8, 4) is 22.6 Å². The van der Waals surface area contributed by atoms with Crippen LogP contribution in [0.3, 0.4) is 0 Å². The van der Waals surface area contributed by atoms with Gasteiger partial charge in [-0.25, -0.2) is 0 Å². The van der Waals surface area contributed by atoms with Crippen molar-refractivity contribution in [1.29, 1.82) is 0 Å². The average molecular weight is 495 g/mol. The van der Waals surface area contributed by atoms with Crippen LogP contribution in [0, 0.1) is 0 Å². The lowest BCUT2D eigenvalue weighted by Gasteiger charge is -2.20. The molecule has 0 fully saturated rings. The highest BCUT2D eigenvalue weighted by atomic mass is 32.2. The molecule has 4 aromatic rings. The van der Waals surface area contributed by atoms with Gasteiger partial charge >= 0.3 is 0 Å². The van der Waals surface area contributed by atoms with E-state index in [-0.39, 0.29) is 0 Å². The second-order valence-corrected chi connectivity index (χ2v) is 9.87. The van der Waals surface area contributed by atoms with Crippen LogP contribution in [0.25, 0.3) is 32.7 Å². The predicted molar refractivity (Wildman–Crippen MR) is 141 cm³/mol. The zero-order chi connectivity index (χ0) is 25.0. The molecule has 0 aliphatic carbocycles. The third kappa shape index (κ3) is 5.41. The lowest BCUT2D eigenvalue weighted by atomic mass is 9.91. The molecule has 3 N–H and O–H groups in total. The monoisotopic (exact) mass is 494 g/mol. The summed E-state index contributed by atoms with van der Waals surface area (Å²) >= 11 is 0. The molecule has 0 bridgehead atoms. The van der Waals surface area contributed by atoms with E-state index in [2.05, 4.69) is 17.4 Å². The van der Waals surface area contributed by atoms with Crippen LogP contribution in [0.1, 0.15) is 11.7 Å². The van der Waals surface area contributed by atoms with Gasteiger partial charge in [-0.1, -0.05) is 48.5 Å². The largest absolute Gasteiger partial charge is 0.496 e. The second kappa shape index (κ2) is 10.6. The molecular formula is C27H30N2O5S. The van der Waals surface area contributed by atoms with E-state index < -0.39 is 16.2 Å². The Labute approximate surface area is 205 Å². The summed E-state index contributed by atoms with van der Waals surface area (Å²) < 4.78 is 40.8. The minimum absolute atomic E-state index is 0.315. The van der Waals surface area contributed by atoms with Gasteiger partial charge in [-0.15, -0.1) is 0 Å². The van der Waals surface area contributed by atoms with Crippen molar-refractivity contribution in [2.75, 3.05) is 40.1 Å². The number of benzene rings is 4. The summed E-state index contributed by atoms with van der Waals surface area (Å²) in [4.78, 5) is 0. The predicted octanol–water partition coefficient (Wildman–Crippen LogP) is 4.24. The molecule has 4 aromatic carbocycles. The van der Waals surface area contributed by atoms with Crippen LogP contribution in [-0.2, 0) is 14.3 Å². The Morgan fingerprint density at radius 2 is 1.49 bits per heavy atom. The first-order valence-electron chi connectivity index (χ1n) is 11.3. The first-order valence-corrected chi connectivity index (χ1v) is 13.1. The minimum atomic E-state index is -3.66. The van der Waals surface area contributed by atoms with Crippen molar-refractivity contribution in [3.05, 3.63) is 72.3 Å². The Balaban J connectivity index is 1.92. The standard InChI is InChI=1S/C27H30N2O5S/c1-32-23-12-9-18-6-4-5-7-21(18)26(23)27-22-11-8-20(16-19(22)10-13-24(27)33-2)25(17-29-15-14-28)34-35(3,30)31/h4-13,16,25,29H,14-15,17,28H2,1-3H3/t25-/m0/s1. The van der Waals surface area contributed by atoms with Gasteiger partial charge in [-0.05, 0) is 45.3 Å². The number of fused-ring (bicyclic) bond motifs is 2. The SMILES string of the molecule is COc1ccc2ccccc2c1-c1c(OC)ccc2cc([C@H](CNCCN)OS(C)(=O)=O)ccc12. The van der Waals surface area contributed by atoms with Crippen LogP contribution in [0.4, 0.5) is 0 Å². The van der Waals surface area contributed by atoms with Gasteiger partial charge in [0.05, 0.1) is 20.5 Å². The zero-order valence-electron chi connectivity index (χ0n) is 20.1. The van der Waals surface area contributed by atoms with Crippen LogP contribution in [0.5, 0.6) is 11.5 Å². The molecule has 7 nitrogen and oxygen atoms in total. The van der Waals surface area contributed by atoms with Crippen molar-refractivity contribution >= 4 is 31.7 Å². The van der Waals surface area contributed by atoms with E-state index in [1.165, 1.54) is 0 Å². The molecule has 1 atom stereocenters. The highest BCUT2D eigenvalue weighted by Gasteiger charge is 2.21. The average Bonchev–Trinajstić information content (AvgIpc) is 2.85. The zero-order valence-corrected chi connectivity index (χ0v) is 20.9. The van der Waals surface area contributed by atoms with E-state index in [0.29, 0.717) is 25.4 Å². The number of methoxy groups -OCH3 is 2.